The van der Waals surface area contributed by atoms with Crippen molar-refractivity contribution >= 4 is 22.7 Å². The summed E-state index contributed by atoms with van der Waals surface area (Å²) in [6.45, 7) is 1.72. The van der Waals surface area contributed by atoms with Crippen LogP contribution in [0.1, 0.15) is 20.7 Å². The second-order valence-electron chi connectivity index (χ2n) is 8.46. The average Bonchev–Trinajstić information content (AvgIpc) is 2.96. The number of nitrogens with zero attached hydrogens (tertiary/aromatic N) is 4. The zero-order valence-electron chi connectivity index (χ0n) is 20.2. The zero-order chi connectivity index (χ0) is 25.1. The van der Waals surface area contributed by atoms with Crippen molar-refractivity contribution in [3.8, 4) is 22.8 Å². The molecule has 0 radical (unpaired) electrons. The lowest BCUT2D eigenvalue weighted by atomic mass is 10.0. The number of benzene rings is 2. The van der Waals surface area contributed by atoms with Gasteiger partial charge in [-0.2, -0.15) is 0 Å². The fourth-order valence-electron chi connectivity index (χ4n) is 4.44. The molecular formula is C28H26N4O4. The summed E-state index contributed by atoms with van der Waals surface area (Å²) in [5, 5.41) is 0.802. The third-order valence-electron chi connectivity index (χ3n) is 6.40. The van der Waals surface area contributed by atoms with Crippen molar-refractivity contribution in [1.29, 1.82) is 0 Å². The highest BCUT2D eigenvalue weighted by atomic mass is 16.5. The summed E-state index contributed by atoms with van der Waals surface area (Å²) < 4.78 is 10.6. The fraction of sp³-hybridized carbons (Fsp3) is 0.214. The van der Waals surface area contributed by atoms with Crippen LogP contribution in [0.25, 0.3) is 22.2 Å². The second-order valence-corrected chi connectivity index (χ2v) is 8.46. The first kappa shape index (κ1) is 23.3. The molecule has 4 aromatic rings. The number of methoxy groups -OCH3 is 2. The number of fused-ring (bicyclic) bond motifs is 1. The van der Waals surface area contributed by atoms with Crippen LogP contribution in [-0.2, 0) is 0 Å². The van der Waals surface area contributed by atoms with Gasteiger partial charge in [0.1, 0.15) is 11.5 Å². The van der Waals surface area contributed by atoms with E-state index in [2.05, 4.69) is 4.98 Å². The van der Waals surface area contributed by atoms with Gasteiger partial charge in [0.05, 0.1) is 36.6 Å². The molecule has 2 amide bonds. The fourth-order valence-corrected chi connectivity index (χ4v) is 4.44. The molecule has 8 nitrogen and oxygen atoms in total. The molecule has 0 atom stereocenters. The maximum atomic E-state index is 13.7. The van der Waals surface area contributed by atoms with E-state index in [9.17, 15) is 9.59 Å². The van der Waals surface area contributed by atoms with E-state index >= 15 is 0 Å². The molecule has 2 aromatic heterocycles. The summed E-state index contributed by atoms with van der Waals surface area (Å²) in [4.78, 5) is 39.3. The molecule has 0 aliphatic carbocycles. The molecule has 0 spiro atoms. The smallest absolute Gasteiger partial charge is 0.257 e. The van der Waals surface area contributed by atoms with Crippen molar-refractivity contribution in [2.45, 2.75) is 0 Å². The second kappa shape index (κ2) is 10.0. The number of carbonyl (C=O) groups is 2. The van der Waals surface area contributed by atoms with Gasteiger partial charge in [-0.25, -0.2) is 4.98 Å². The molecule has 36 heavy (non-hydrogen) atoms. The van der Waals surface area contributed by atoms with Gasteiger partial charge in [0.15, 0.2) is 0 Å². The van der Waals surface area contributed by atoms with E-state index in [1.54, 1.807) is 47.5 Å². The lowest BCUT2D eigenvalue weighted by Gasteiger charge is -2.35. The van der Waals surface area contributed by atoms with E-state index < -0.39 is 0 Å². The van der Waals surface area contributed by atoms with Crippen molar-refractivity contribution < 1.29 is 19.1 Å². The Morgan fingerprint density at radius 3 is 2.19 bits per heavy atom. The summed E-state index contributed by atoms with van der Waals surface area (Å²) >= 11 is 0. The monoisotopic (exact) mass is 482 g/mol. The van der Waals surface area contributed by atoms with Crippen molar-refractivity contribution in [2.24, 2.45) is 0 Å². The van der Waals surface area contributed by atoms with Crippen LogP contribution in [0.3, 0.4) is 0 Å². The van der Waals surface area contributed by atoms with Crippen molar-refractivity contribution in [3.63, 3.8) is 0 Å². The van der Waals surface area contributed by atoms with Crippen molar-refractivity contribution in [2.75, 3.05) is 40.4 Å². The summed E-state index contributed by atoms with van der Waals surface area (Å²) in [6, 6.07) is 18.4. The van der Waals surface area contributed by atoms with Crippen LogP contribution in [0.2, 0.25) is 0 Å². The number of rotatable bonds is 5. The van der Waals surface area contributed by atoms with Gasteiger partial charge in [-0.1, -0.05) is 18.2 Å². The molecule has 0 unspecified atom stereocenters. The minimum atomic E-state index is -0.130. The third kappa shape index (κ3) is 4.45. The number of ether oxygens (including phenoxy) is 2. The van der Waals surface area contributed by atoms with Crippen LogP contribution in [0.4, 0.5) is 0 Å². The van der Waals surface area contributed by atoms with E-state index in [1.165, 1.54) is 7.11 Å². The molecule has 0 bridgehead atoms. The Kier molecular flexibility index (Phi) is 6.49. The van der Waals surface area contributed by atoms with Gasteiger partial charge in [-0.05, 0) is 36.4 Å². The maximum Gasteiger partial charge on any atom is 0.257 e. The van der Waals surface area contributed by atoms with Crippen LogP contribution in [0, 0.1) is 0 Å². The summed E-state index contributed by atoms with van der Waals surface area (Å²) in [5.74, 6) is 0.876. The number of para-hydroxylation sites is 1. The van der Waals surface area contributed by atoms with Crippen LogP contribution in [0.5, 0.6) is 11.5 Å². The van der Waals surface area contributed by atoms with E-state index in [1.807, 2.05) is 42.5 Å². The maximum absolute atomic E-state index is 13.7. The summed E-state index contributed by atoms with van der Waals surface area (Å²) in [5.41, 5.74) is 3.37. The predicted molar refractivity (Wildman–Crippen MR) is 136 cm³/mol. The number of hydrogen-bond acceptors (Lipinski definition) is 6. The predicted octanol–water partition coefficient (Wildman–Crippen LogP) is 3.91. The topological polar surface area (TPSA) is 84.9 Å². The van der Waals surface area contributed by atoms with Gasteiger partial charge in [-0.15, -0.1) is 0 Å². The quantitative estimate of drug-likeness (QED) is 0.429. The highest BCUT2D eigenvalue weighted by molar-refractivity contribution is 6.07. The average molecular weight is 483 g/mol. The third-order valence-corrected chi connectivity index (χ3v) is 6.40. The first-order valence-corrected chi connectivity index (χ1v) is 11.7. The summed E-state index contributed by atoms with van der Waals surface area (Å²) in [6.07, 6.45) is 3.45. The molecule has 3 heterocycles. The minimum absolute atomic E-state index is 0.0760. The molecule has 2 aromatic carbocycles. The number of aromatic nitrogens is 2. The Morgan fingerprint density at radius 2 is 1.53 bits per heavy atom. The standard InChI is InChI=1S/C28H26N4O4/c1-35-20-9-10-22(26(16-20)36-2)27(33)31-12-14-32(15-13-31)28(34)23-17-25(19-6-5-11-29-18-19)30-24-8-4-3-7-21(23)24/h3-11,16-18H,12-15H2,1-2H3. The molecule has 0 N–H and O–H groups in total. The first-order chi connectivity index (χ1) is 17.6. The van der Waals surface area contributed by atoms with Crippen LogP contribution in [0.15, 0.2) is 73.1 Å². The van der Waals surface area contributed by atoms with E-state index in [0.717, 1.165) is 16.5 Å². The molecule has 8 heteroatoms. The Morgan fingerprint density at radius 1 is 0.806 bits per heavy atom. The number of hydrogen-bond donors (Lipinski definition) is 0. The molecule has 1 saturated heterocycles. The molecule has 1 aliphatic rings. The molecule has 5 rings (SSSR count). The number of pyridine rings is 2. The van der Waals surface area contributed by atoms with E-state index in [-0.39, 0.29) is 11.8 Å². The molecule has 1 fully saturated rings. The van der Waals surface area contributed by atoms with Gasteiger partial charge in [0, 0.05) is 55.6 Å². The van der Waals surface area contributed by atoms with E-state index in [0.29, 0.717) is 54.5 Å². The zero-order valence-corrected chi connectivity index (χ0v) is 20.2. The number of amides is 2. The van der Waals surface area contributed by atoms with Gasteiger partial charge in [0.2, 0.25) is 0 Å². The van der Waals surface area contributed by atoms with Gasteiger partial charge < -0.3 is 19.3 Å². The minimum Gasteiger partial charge on any atom is -0.497 e. The molecular weight excluding hydrogens is 456 g/mol. The van der Waals surface area contributed by atoms with Crippen LogP contribution in [-0.4, -0.2) is 72.0 Å². The lowest BCUT2D eigenvalue weighted by Crippen LogP contribution is -2.50. The van der Waals surface area contributed by atoms with Gasteiger partial charge in [-0.3, -0.25) is 14.6 Å². The van der Waals surface area contributed by atoms with Gasteiger partial charge >= 0.3 is 0 Å². The summed E-state index contributed by atoms with van der Waals surface area (Å²) in [7, 11) is 3.10. The number of piperazine rings is 1. The van der Waals surface area contributed by atoms with Gasteiger partial charge in [0.25, 0.3) is 11.8 Å². The first-order valence-electron chi connectivity index (χ1n) is 11.7. The van der Waals surface area contributed by atoms with Crippen LogP contribution < -0.4 is 9.47 Å². The Labute approximate surface area is 209 Å². The van der Waals surface area contributed by atoms with Crippen molar-refractivity contribution in [3.05, 3.63) is 84.2 Å². The molecule has 1 aliphatic heterocycles. The molecule has 0 saturated carbocycles. The Hall–Kier alpha value is -4.46. The normalized spacial score (nSPS) is 13.5. The van der Waals surface area contributed by atoms with Crippen LogP contribution >= 0.6 is 0 Å². The SMILES string of the molecule is COc1ccc(C(=O)N2CCN(C(=O)c3cc(-c4cccnc4)nc4ccccc34)CC2)c(OC)c1. The lowest BCUT2D eigenvalue weighted by molar-refractivity contribution is 0.0534. The number of carbonyl (C=O) groups excluding carboxylic acids is 2. The molecule has 182 valence electrons. The van der Waals surface area contributed by atoms with E-state index in [4.69, 9.17) is 14.5 Å². The largest absolute Gasteiger partial charge is 0.497 e. The highest BCUT2D eigenvalue weighted by Gasteiger charge is 2.28. The highest BCUT2D eigenvalue weighted by Crippen LogP contribution is 2.28. The Bertz CT molecular complexity index is 1420. The Balaban J connectivity index is 1.37. The van der Waals surface area contributed by atoms with Crippen molar-refractivity contribution in [1.82, 2.24) is 19.8 Å².